The average molecular weight is 117 g/mol. The third-order valence-electron chi connectivity index (χ3n) is 1.45. The lowest BCUT2D eigenvalue weighted by Crippen LogP contribution is -2.14. The van der Waals surface area contributed by atoms with Gasteiger partial charge in [-0.1, -0.05) is 11.9 Å². The Hall–Kier alpha value is 0.310. The number of hydrogen-bond donors (Lipinski definition) is 0. The molecule has 0 aromatic rings. The van der Waals surface area contributed by atoms with Gasteiger partial charge in [0.15, 0.2) is 0 Å². The van der Waals surface area contributed by atoms with E-state index in [-0.39, 0.29) is 0 Å². The lowest BCUT2D eigenvalue weighted by atomic mass is 10.3. The van der Waals surface area contributed by atoms with Crippen molar-refractivity contribution in [2.75, 3.05) is 12.8 Å². The lowest BCUT2D eigenvalue weighted by molar-refractivity contribution is 0.457. The Bertz CT molecular complexity index is 57.1. The van der Waals surface area contributed by atoms with Gasteiger partial charge in [-0.05, 0) is 20.4 Å². The predicted molar refractivity (Wildman–Crippen MR) is 34.3 cm³/mol. The van der Waals surface area contributed by atoms with Crippen molar-refractivity contribution in [2.45, 2.75) is 19.4 Å². The van der Waals surface area contributed by atoms with E-state index in [1.54, 1.807) is 0 Å². The number of nitrogens with zero attached hydrogens (tertiary/aromatic N) is 1. The van der Waals surface area contributed by atoms with E-state index < -0.39 is 0 Å². The van der Waals surface area contributed by atoms with Crippen LogP contribution in [0.25, 0.3) is 0 Å². The Labute approximate surface area is 49.2 Å². The van der Waals surface area contributed by atoms with Crippen LogP contribution in [0.1, 0.15) is 13.3 Å². The highest BCUT2D eigenvalue weighted by atomic mass is 32.2. The molecular formula is C5H11NS. The molecule has 1 rings (SSSR count). The van der Waals surface area contributed by atoms with Gasteiger partial charge in [-0.2, -0.15) is 0 Å². The first-order chi connectivity index (χ1) is 3.30. The highest BCUT2D eigenvalue weighted by molar-refractivity contribution is 7.97. The molecular weight excluding hydrogens is 106 g/mol. The zero-order valence-corrected chi connectivity index (χ0v) is 5.66. The second kappa shape index (κ2) is 2.05. The molecule has 0 aromatic carbocycles. The molecule has 0 bridgehead atoms. The summed E-state index contributed by atoms with van der Waals surface area (Å²) < 4.78 is 2.32. The van der Waals surface area contributed by atoms with Crippen LogP contribution in [0.4, 0.5) is 0 Å². The topological polar surface area (TPSA) is 3.24 Å². The quantitative estimate of drug-likeness (QED) is 0.441. The van der Waals surface area contributed by atoms with Gasteiger partial charge in [-0.25, -0.2) is 0 Å². The minimum Gasteiger partial charge on any atom is -0.251 e. The van der Waals surface area contributed by atoms with Gasteiger partial charge in [-0.15, -0.1) is 0 Å². The fourth-order valence-electron chi connectivity index (χ4n) is 0.676. The van der Waals surface area contributed by atoms with Crippen LogP contribution in [0.3, 0.4) is 0 Å². The SMILES string of the molecule is CC1CCSN1C. The molecule has 1 aliphatic heterocycles. The van der Waals surface area contributed by atoms with E-state index in [0.29, 0.717) is 0 Å². The third-order valence-corrected chi connectivity index (χ3v) is 2.64. The Morgan fingerprint density at radius 2 is 2.43 bits per heavy atom. The molecule has 7 heavy (non-hydrogen) atoms. The molecule has 1 nitrogen and oxygen atoms in total. The second-order valence-electron chi connectivity index (χ2n) is 2.02. The first-order valence-electron chi connectivity index (χ1n) is 2.66. The monoisotopic (exact) mass is 117 g/mol. The van der Waals surface area contributed by atoms with Crippen molar-refractivity contribution >= 4 is 11.9 Å². The summed E-state index contributed by atoms with van der Waals surface area (Å²) in [7, 11) is 2.16. The van der Waals surface area contributed by atoms with E-state index in [1.807, 2.05) is 11.9 Å². The molecule has 1 fully saturated rings. The van der Waals surface area contributed by atoms with Gasteiger partial charge < -0.3 is 0 Å². The highest BCUT2D eigenvalue weighted by Crippen LogP contribution is 2.22. The van der Waals surface area contributed by atoms with Gasteiger partial charge in [0, 0.05) is 11.8 Å². The zero-order valence-electron chi connectivity index (χ0n) is 4.85. The predicted octanol–water partition coefficient (Wildman–Crippen LogP) is 1.36. The van der Waals surface area contributed by atoms with Crippen molar-refractivity contribution in [1.29, 1.82) is 0 Å². The van der Waals surface area contributed by atoms with Crippen LogP contribution < -0.4 is 0 Å². The van der Waals surface area contributed by atoms with E-state index in [0.717, 1.165) is 6.04 Å². The van der Waals surface area contributed by atoms with Crippen LogP contribution in [0.5, 0.6) is 0 Å². The number of hydrogen-bond acceptors (Lipinski definition) is 2. The minimum absolute atomic E-state index is 0.810. The standard InChI is InChI=1S/C5H11NS/c1-5-3-4-7-6(5)2/h5H,3-4H2,1-2H3. The lowest BCUT2D eigenvalue weighted by Gasteiger charge is -2.10. The highest BCUT2D eigenvalue weighted by Gasteiger charge is 2.15. The average Bonchev–Trinajstić information content (AvgIpc) is 1.91. The molecule has 1 atom stereocenters. The molecule has 1 saturated heterocycles. The molecule has 1 aliphatic rings. The minimum atomic E-state index is 0.810. The smallest absolute Gasteiger partial charge is 0.0179 e. The molecule has 0 saturated carbocycles. The summed E-state index contributed by atoms with van der Waals surface area (Å²) in [6.07, 6.45) is 1.36. The van der Waals surface area contributed by atoms with Crippen LogP contribution >= 0.6 is 11.9 Å². The van der Waals surface area contributed by atoms with E-state index >= 15 is 0 Å². The van der Waals surface area contributed by atoms with Gasteiger partial charge in [-0.3, -0.25) is 4.31 Å². The Morgan fingerprint density at radius 3 is 2.57 bits per heavy atom. The Morgan fingerprint density at radius 1 is 1.71 bits per heavy atom. The molecule has 1 heterocycles. The van der Waals surface area contributed by atoms with Crippen molar-refractivity contribution in [3.8, 4) is 0 Å². The Balaban J connectivity index is 2.33. The van der Waals surface area contributed by atoms with E-state index in [1.165, 1.54) is 12.2 Å². The van der Waals surface area contributed by atoms with Crippen molar-refractivity contribution in [2.24, 2.45) is 0 Å². The summed E-state index contributed by atoms with van der Waals surface area (Å²) in [6.45, 7) is 2.26. The fraction of sp³-hybridized carbons (Fsp3) is 1.00. The summed E-state index contributed by atoms with van der Waals surface area (Å²) in [5.74, 6) is 1.32. The maximum absolute atomic E-state index is 2.32. The maximum atomic E-state index is 2.32. The molecule has 0 aliphatic carbocycles. The van der Waals surface area contributed by atoms with Crippen molar-refractivity contribution < 1.29 is 0 Å². The van der Waals surface area contributed by atoms with Crippen LogP contribution in [-0.4, -0.2) is 23.1 Å². The summed E-state index contributed by atoms with van der Waals surface area (Å²) in [5.41, 5.74) is 0. The van der Waals surface area contributed by atoms with Gasteiger partial charge >= 0.3 is 0 Å². The molecule has 0 spiro atoms. The van der Waals surface area contributed by atoms with Gasteiger partial charge in [0.1, 0.15) is 0 Å². The van der Waals surface area contributed by atoms with Gasteiger partial charge in [0.25, 0.3) is 0 Å². The Kier molecular flexibility index (Phi) is 1.60. The van der Waals surface area contributed by atoms with Crippen LogP contribution in [-0.2, 0) is 0 Å². The summed E-state index contributed by atoms with van der Waals surface area (Å²) in [4.78, 5) is 0. The van der Waals surface area contributed by atoms with Crippen molar-refractivity contribution in [3.63, 3.8) is 0 Å². The van der Waals surface area contributed by atoms with E-state index in [2.05, 4.69) is 18.3 Å². The van der Waals surface area contributed by atoms with Crippen LogP contribution in [0, 0.1) is 0 Å². The molecule has 0 N–H and O–H groups in total. The molecule has 42 valence electrons. The van der Waals surface area contributed by atoms with Crippen LogP contribution in [0.2, 0.25) is 0 Å². The fourth-order valence-corrected chi connectivity index (χ4v) is 1.77. The largest absolute Gasteiger partial charge is 0.251 e. The first-order valence-corrected chi connectivity index (χ1v) is 3.60. The third kappa shape index (κ3) is 1.10. The van der Waals surface area contributed by atoms with Crippen molar-refractivity contribution in [1.82, 2.24) is 4.31 Å². The molecule has 0 radical (unpaired) electrons. The van der Waals surface area contributed by atoms with Gasteiger partial charge in [0.05, 0.1) is 0 Å². The molecule has 1 unspecified atom stereocenters. The second-order valence-corrected chi connectivity index (χ2v) is 3.26. The normalized spacial score (nSPS) is 34.3. The molecule has 2 heteroatoms. The zero-order chi connectivity index (χ0) is 5.28. The number of rotatable bonds is 0. The molecule has 0 aromatic heterocycles. The van der Waals surface area contributed by atoms with Crippen LogP contribution in [0.15, 0.2) is 0 Å². The maximum Gasteiger partial charge on any atom is 0.0179 e. The summed E-state index contributed by atoms with van der Waals surface area (Å²) in [5, 5.41) is 0. The van der Waals surface area contributed by atoms with E-state index in [9.17, 15) is 0 Å². The van der Waals surface area contributed by atoms with Gasteiger partial charge in [0.2, 0.25) is 0 Å². The summed E-state index contributed by atoms with van der Waals surface area (Å²) in [6, 6.07) is 0.810. The van der Waals surface area contributed by atoms with Crippen molar-refractivity contribution in [3.05, 3.63) is 0 Å². The first kappa shape index (κ1) is 5.45. The van der Waals surface area contributed by atoms with E-state index in [4.69, 9.17) is 0 Å². The summed E-state index contributed by atoms with van der Waals surface area (Å²) >= 11 is 1.94. The molecule has 0 amide bonds.